The Morgan fingerprint density at radius 1 is 1.56 bits per heavy atom. The third-order valence-electron chi connectivity index (χ3n) is 2.98. The van der Waals surface area contributed by atoms with Crippen LogP contribution in [0.1, 0.15) is 12.8 Å². The van der Waals surface area contributed by atoms with Crippen LogP contribution in [0.3, 0.4) is 0 Å². The number of fused-ring (bicyclic) bond motifs is 1. The van der Waals surface area contributed by atoms with Crippen molar-refractivity contribution >= 4 is 21.6 Å². The Morgan fingerprint density at radius 2 is 2.38 bits per heavy atom. The molecule has 0 bridgehead atoms. The normalized spacial score (nSPS) is 19.2. The molecule has 1 aliphatic heterocycles. The summed E-state index contributed by atoms with van der Waals surface area (Å²) in [5.41, 5.74) is 1.11. The molecule has 3 nitrogen and oxygen atoms in total. The van der Waals surface area contributed by atoms with Crippen LogP contribution in [-0.2, 0) is 0 Å². The van der Waals surface area contributed by atoms with Crippen molar-refractivity contribution in [2.75, 3.05) is 25.2 Å². The second kappa shape index (κ2) is 5.06. The van der Waals surface area contributed by atoms with Crippen LogP contribution in [0.4, 0.5) is 5.69 Å². The van der Waals surface area contributed by atoms with Gasteiger partial charge in [0.25, 0.3) is 0 Å². The maximum Gasteiger partial charge on any atom is 0.142 e. The van der Waals surface area contributed by atoms with Crippen LogP contribution in [0.2, 0.25) is 0 Å². The van der Waals surface area contributed by atoms with Gasteiger partial charge in [0.05, 0.1) is 11.7 Å². The summed E-state index contributed by atoms with van der Waals surface area (Å²) in [6, 6.07) is 6.40. The number of aliphatic hydroxyl groups is 1. The van der Waals surface area contributed by atoms with E-state index in [0.29, 0.717) is 12.6 Å². The van der Waals surface area contributed by atoms with Crippen molar-refractivity contribution in [3.8, 4) is 5.75 Å². The molecule has 0 fully saturated rings. The van der Waals surface area contributed by atoms with Crippen molar-refractivity contribution in [2.24, 2.45) is 0 Å². The molecule has 0 aliphatic carbocycles. The first kappa shape index (κ1) is 11.7. The molecule has 1 unspecified atom stereocenters. The highest BCUT2D eigenvalue weighted by Gasteiger charge is 2.24. The smallest absolute Gasteiger partial charge is 0.142 e. The first-order valence-electron chi connectivity index (χ1n) is 5.48. The van der Waals surface area contributed by atoms with Gasteiger partial charge in [-0.15, -0.1) is 0 Å². The summed E-state index contributed by atoms with van der Waals surface area (Å²) in [4.78, 5) is 2.24. The summed E-state index contributed by atoms with van der Waals surface area (Å²) >= 11 is 3.47. The Kier molecular flexibility index (Phi) is 3.71. The van der Waals surface area contributed by atoms with E-state index in [1.165, 1.54) is 0 Å². The fourth-order valence-corrected chi connectivity index (χ4v) is 2.34. The van der Waals surface area contributed by atoms with Crippen LogP contribution >= 0.6 is 15.9 Å². The minimum Gasteiger partial charge on any atom is -0.489 e. The molecule has 0 spiro atoms. The van der Waals surface area contributed by atoms with Gasteiger partial charge in [-0.1, -0.05) is 15.9 Å². The first-order chi connectivity index (χ1) is 7.72. The number of likely N-dealkylation sites (N-methyl/N-ethyl adjacent to an activating group) is 1. The number of aliphatic hydroxyl groups excluding tert-OH is 1. The highest BCUT2D eigenvalue weighted by molar-refractivity contribution is 9.10. The predicted molar refractivity (Wildman–Crippen MR) is 68.1 cm³/mol. The summed E-state index contributed by atoms with van der Waals surface area (Å²) in [7, 11) is 2.08. The lowest BCUT2D eigenvalue weighted by molar-refractivity contribution is 0.236. The third kappa shape index (κ3) is 2.33. The number of halogens is 1. The monoisotopic (exact) mass is 285 g/mol. The predicted octanol–water partition coefficient (Wildman–Crippen LogP) is 2.42. The quantitative estimate of drug-likeness (QED) is 0.926. The van der Waals surface area contributed by atoms with E-state index in [4.69, 9.17) is 9.84 Å². The highest BCUT2D eigenvalue weighted by Crippen LogP contribution is 2.35. The van der Waals surface area contributed by atoms with Crippen molar-refractivity contribution in [1.29, 1.82) is 0 Å². The van der Waals surface area contributed by atoms with Gasteiger partial charge in [0.15, 0.2) is 0 Å². The molecule has 0 saturated carbocycles. The Bertz CT molecular complexity index is 370. The van der Waals surface area contributed by atoms with Gasteiger partial charge in [0.1, 0.15) is 12.4 Å². The van der Waals surface area contributed by atoms with Gasteiger partial charge >= 0.3 is 0 Å². The number of hydrogen-bond acceptors (Lipinski definition) is 3. The lowest BCUT2D eigenvalue weighted by atomic mass is 10.1. The van der Waals surface area contributed by atoms with E-state index in [1.54, 1.807) is 0 Å². The average molecular weight is 286 g/mol. The Labute approximate surface area is 104 Å². The Morgan fingerprint density at radius 3 is 3.12 bits per heavy atom. The third-order valence-corrected chi connectivity index (χ3v) is 3.47. The lowest BCUT2D eigenvalue weighted by Gasteiger charge is -2.36. The molecule has 0 radical (unpaired) electrons. The number of anilines is 1. The number of benzene rings is 1. The molecule has 1 aromatic rings. The molecule has 4 heteroatoms. The molecule has 0 amide bonds. The number of ether oxygens (including phenoxy) is 1. The summed E-state index contributed by atoms with van der Waals surface area (Å²) in [5.74, 6) is 0.936. The van der Waals surface area contributed by atoms with Gasteiger partial charge in [-0.2, -0.15) is 0 Å². The highest BCUT2D eigenvalue weighted by atomic mass is 79.9. The second-order valence-electron chi connectivity index (χ2n) is 4.05. The molecule has 2 rings (SSSR count). The van der Waals surface area contributed by atoms with Crippen LogP contribution in [-0.4, -0.2) is 31.4 Å². The van der Waals surface area contributed by atoms with Crippen molar-refractivity contribution in [3.05, 3.63) is 22.7 Å². The van der Waals surface area contributed by atoms with Crippen LogP contribution in [0, 0.1) is 0 Å². The van der Waals surface area contributed by atoms with Crippen molar-refractivity contribution in [1.82, 2.24) is 0 Å². The molecule has 16 heavy (non-hydrogen) atoms. The maximum atomic E-state index is 8.86. The number of rotatable bonds is 3. The second-order valence-corrected chi connectivity index (χ2v) is 4.97. The van der Waals surface area contributed by atoms with E-state index in [0.717, 1.165) is 28.8 Å². The molecule has 1 aliphatic rings. The standard InChI is InChI=1S/C12H16BrNO2/c1-14-10(3-2-6-15)8-16-12-5-4-9(13)7-11(12)14/h4-5,7,10,15H,2-3,6,8H2,1H3. The van der Waals surface area contributed by atoms with Crippen LogP contribution < -0.4 is 9.64 Å². The topological polar surface area (TPSA) is 32.7 Å². The molecule has 0 aromatic heterocycles. The van der Waals surface area contributed by atoms with Gasteiger partial charge in [0, 0.05) is 18.1 Å². The van der Waals surface area contributed by atoms with E-state index in [1.807, 2.05) is 12.1 Å². The zero-order chi connectivity index (χ0) is 11.5. The molecule has 1 atom stereocenters. The van der Waals surface area contributed by atoms with Gasteiger partial charge in [-0.25, -0.2) is 0 Å². The van der Waals surface area contributed by atoms with Crippen LogP contribution in [0.15, 0.2) is 22.7 Å². The fraction of sp³-hybridized carbons (Fsp3) is 0.500. The SMILES string of the molecule is CN1c2cc(Br)ccc2OCC1CCCO. The van der Waals surface area contributed by atoms with Gasteiger partial charge < -0.3 is 14.7 Å². The van der Waals surface area contributed by atoms with Crippen molar-refractivity contribution in [2.45, 2.75) is 18.9 Å². The summed E-state index contributed by atoms with van der Waals surface area (Å²) in [5, 5.41) is 8.86. The largest absolute Gasteiger partial charge is 0.489 e. The lowest BCUT2D eigenvalue weighted by Crippen LogP contribution is -2.40. The average Bonchev–Trinajstić information content (AvgIpc) is 2.29. The summed E-state index contributed by atoms with van der Waals surface area (Å²) in [6.07, 6.45) is 1.78. The molecular formula is C12H16BrNO2. The van der Waals surface area contributed by atoms with Crippen LogP contribution in [0.5, 0.6) is 5.75 Å². The zero-order valence-electron chi connectivity index (χ0n) is 9.32. The number of hydrogen-bond donors (Lipinski definition) is 1. The van der Waals surface area contributed by atoms with E-state index in [2.05, 4.69) is 33.9 Å². The molecule has 1 N–H and O–H groups in total. The minimum atomic E-state index is 0.246. The molecule has 1 heterocycles. The first-order valence-corrected chi connectivity index (χ1v) is 6.27. The van der Waals surface area contributed by atoms with Gasteiger partial charge in [0.2, 0.25) is 0 Å². The Hall–Kier alpha value is -0.740. The van der Waals surface area contributed by atoms with Gasteiger partial charge in [-0.3, -0.25) is 0 Å². The minimum absolute atomic E-state index is 0.246. The van der Waals surface area contributed by atoms with Crippen molar-refractivity contribution < 1.29 is 9.84 Å². The molecular weight excluding hydrogens is 270 g/mol. The van der Waals surface area contributed by atoms with Crippen molar-refractivity contribution in [3.63, 3.8) is 0 Å². The Balaban J connectivity index is 2.17. The molecule has 0 saturated heterocycles. The molecule has 88 valence electrons. The summed E-state index contributed by atoms with van der Waals surface area (Å²) < 4.78 is 6.77. The summed E-state index contributed by atoms with van der Waals surface area (Å²) in [6.45, 7) is 0.945. The fourth-order valence-electron chi connectivity index (χ4n) is 1.99. The zero-order valence-corrected chi connectivity index (χ0v) is 10.9. The van der Waals surface area contributed by atoms with E-state index >= 15 is 0 Å². The van der Waals surface area contributed by atoms with E-state index in [-0.39, 0.29) is 6.61 Å². The van der Waals surface area contributed by atoms with Gasteiger partial charge in [-0.05, 0) is 31.0 Å². The van der Waals surface area contributed by atoms with Crippen LogP contribution in [0.25, 0.3) is 0 Å². The number of nitrogens with zero attached hydrogens (tertiary/aromatic N) is 1. The van der Waals surface area contributed by atoms with E-state index in [9.17, 15) is 0 Å². The maximum absolute atomic E-state index is 8.86. The molecule has 1 aromatic carbocycles. The van der Waals surface area contributed by atoms with E-state index < -0.39 is 0 Å².